The van der Waals surface area contributed by atoms with Crippen molar-refractivity contribution in [1.82, 2.24) is 0 Å². The minimum atomic E-state index is 1.23. The summed E-state index contributed by atoms with van der Waals surface area (Å²) in [6.45, 7) is 4.55. The molecule has 1 aromatic rings. The molecule has 1 aromatic carbocycles. The zero-order valence-electron chi connectivity index (χ0n) is 13.2. The van der Waals surface area contributed by atoms with E-state index < -0.39 is 0 Å². The van der Waals surface area contributed by atoms with Gasteiger partial charge in [-0.2, -0.15) is 0 Å². The second kappa shape index (κ2) is 11.6. The van der Waals surface area contributed by atoms with Crippen LogP contribution in [0.1, 0.15) is 76.3 Å². The van der Waals surface area contributed by atoms with Gasteiger partial charge in [-0.25, -0.2) is 0 Å². The van der Waals surface area contributed by atoms with Crippen LogP contribution in [0, 0.1) is 0 Å². The Morgan fingerprint density at radius 3 is 2.10 bits per heavy atom. The number of aryl methyl sites for hydroxylation is 1. The minimum Gasteiger partial charge on any atom is -0.106 e. The number of benzene rings is 1. The van der Waals surface area contributed by atoms with Crippen LogP contribution < -0.4 is 0 Å². The lowest BCUT2D eigenvalue weighted by molar-refractivity contribution is 0.647. The maximum absolute atomic E-state index is 4.43. The molecule has 20 heavy (non-hydrogen) atoms. The van der Waals surface area contributed by atoms with Gasteiger partial charge in [-0.1, -0.05) is 75.3 Å². The molecule has 0 nitrogen and oxygen atoms in total. The van der Waals surface area contributed by atoms with Crippen molar-refractivity contribution in [3.63, 3.8) is 0 Å². The summed E-state index contributed by atoms with van der Waals surface area (Å²) >= 11 is 4.43. The molecular weight excluding hydrogens is 280 g/mol. The summed E-state index contributed by atoms with van der Waals surface area (Å²) in [7, 11) is 1.61. The molecule has 0 fully saturated rings. The first-order valence-corrected chi connectivity index (χ1v) is 10.1. The maximum Gasteiger partial charge on any atom is 0.0215 e. The molecule has 0 aliphatic carbocycles. The third-order valence-electron chi connectivity index (χ3n) is 3.91. The second-order valence-corrected chi connectivity index (χ2v) is 6.78. The van der Waals surface area contributed by atoms with Gasteiger partial charge in [0.05, 0.1) is 0 Å². The Kier molecular flexibility index (Phi) is 10.4. The smallest absolute Gasteiger partial charge is 0.0215 e. The van der Waals surface area contributed by atoms with Gasteiger partial charge in [0.2, 0.25) is 0 Å². The molecule has 0 aliphatic rings. The predicted octanol–water partition coefficient (Wildman–Crippen LogP) is 6.87. The van der Waals surface area contributed by atoms with Crippen LogP contribution in [-0.2, 0) is 12.8 Å². The number of thiol groups is 1. The normalized spacial score (nSPS) is 10.9. The van der Waals surface area contributed by atoms with E-state index in [2.05, 4.69) is 43.7 Å². The fourth-order valence-corrected chi connectivity index (χ4v) is 3.68. The predicted molar refractivity (Wildman–Crippen MR) is 97.0 cm³/mol. The van der Waals surface area contributed by atoms with Gasteiger partial charge in [-0.3, -0.25) is 0 Å². The fraction of sp³-hybridized carbons (Fsp3) is 0.667. The van der Waals surface area contributed by atoms with E-state index in [9.17, 15) is 0 Å². The minimum absolute atomic E-state index is 1.23. The maximum atomic E-state index is 4.43. The van der Waals surface area contributed by atoms with E-state index in [-0.39, 0.29) is 0 Å². The number of hydrogen-bond acceptors (Lipinski definition) is 2. The largest absolute Gasteiger partial charge is 0.106 e. The van der Waals surface area contributed by atoms with Crippen molar-refractivity contribution in [2.24, 2.45) is 0 Å². The average molecular weight is 311 g/mol. The highest BCUT2D eigenvalue weighted by atomic mass is 33.1. The Labute approximate surface area is 134 Å². The van der Waals surface area contributed by atoms with Crippen LogP contribution in [0.5, 0.6) is 0 Å². The lowest BCUT2D eigenvalue weighted by Gasteiger charge is -2.13. The highest BCUT2D eigenvalue weighted by Gasteiger charge is 2.08. The van der Waals surface area contributed by atoms with E-state index in [0.29, 0.717) is 0 Å². The molecule has 0 unspecified atom stereocenters. The highest BCUT2D eigenvalue weighted by molar-refractivity contribution is 8.68. The van der Waals surface area contributed by atoms with E-state index in [1.54, 1.807) is 21.9 Å². The first-order chi connectivity index (χ1) is 9.83. The van der Waals surface area contributed by atoms with Crippen LogP contribution in [0.15, 0.2) is 23.1 Å². The van der Waals surface area contributed by atoms with Crippen LogP contribution in [0.25, 0.3) is 0 Å². The molecule has 1 rings (SSSR count). The SMILES string of the molecule is CCCCCCc1cccc(SS)c1CCCCCC. The first-order valence-electron chi connectivity index (χ1n) is 8.25. The fourth-order valence-electron chi connectivity index (χ4n) is 2.69. The van der Waals surface area contributed by atoms with Crippen molar-refractivity contribution in [3.8, 4) is 0 Å². The molecule has 114 valence electrons. The summed E-state index contributed by atoms with van der Waals surface area (Å²) in [5.74, 6) is 0. The molecule has 0 amide bonds. The molecule has 0 saturated heterocycles. The van der Waals surface area contributed by atoms with Crippen molar-refractivity contribution in [3.05, 3.63) is 29.3 Å². The molecule has 0 spiro atoms. The average Bonchev–Trinajstić information content (AvgIpc) is 2.48. The topological polar surface area (TPSA) is 0 Å². The zero-order chi connectivity index (χ0) is 14.6. The molecule has 2 heteroatoms. The summed E-state index contributed by atoms with van der Waals surface area (Å²) in [6.07, 6.45) is 13.2. The molecule has 0 aliphatic heterocycles. The van der Waals surface area contributed by atoms with Gasteiger partial charge >= 0.3 is 0 Å². The Balaban J connectivity index is 2.61. The molecular formula is C18H30S2. The summed E-state index contributed by atoms with van der Waals surface area (Å²) < 4.78 is 0. The summed E-state index contributed by atoms with van der Waals surface area (Å²) in [6, 6.07) is 6.75. The number of unbranched alkanes of at least 4 members (excludes halogenated alkanes) is 6. The van der Waals surface area contributed by atoms with Gasteiger partial charge in [-0.15, -0.1) is 11.7 Å². The summed E-state index contributed by atoms with van der Waals surface area (Å²) in [5, 5.41) is 0. The standard InChI is InChI=1S/C18H30S2/c1-3-5-7-9-12-16-13-11-15-18(20-19)17(16)14-10-8-6-4-2/h11,13,15,19H,3-10,12,14H2,1-2H3. The number of rotatable bonds is 11. The molecule has 0 atom stereocenters. The Morgan fingerprint density at radius 2 is 1.50 bits per heavy atom. The second-order valence-electron chi connectivity index (χ2n) is 5.61. The molecule has 0 heterocycles. The van der Waals surface area contributed by atoms with E-state index >= 15 is 0 Å². The molecule has 0 saturated carbocycles. The quantitative estimate of drug-likeness (QED) is 0.264. The molecule has 0 bridgehead atoms. The Hall–Kier alpha value is -0.0800. The van der Waals surface area contributed by atoms with Gasteiger partial charge in [0.25, 0.3) is 0 Å². The van der Waals surface area contributed by atoms with Crippen LogP contribution >= 0.6 is 22.5 Å². The van der Waals surface area contributed by atoms with Gasteiger partial charge in [0.1, 0.15) is 0 Å². The van der Waals surface area contributed by atoms with Crippen LogP contribution in [-0.4, -0.2) is 0 Å². The van der Waals surface area contributed by atoms with E-state index in [1.165, 1.54) is 69.1 Å². The monoisotopic (exact) mass is 310 g/mol. The molecule has 0 N–H and O–H groups in total. The van der Waals surface area contributed by atoms with Crippen LogP contribution in [0.4, 0.5) is 0 Å². The van der Waals surface area contributed by atoms with Crippen molar-refractivity contribution in [1.29, 1.82) is 0 Å². The van der Waals surface area contributed by atoms with E-state index in [4.69, 9.17) is 0 Å². The van der Waals surface area contributed by atoms with Crippen molar-refractivity contribution < 1.29 is 0 Å². The highest BCUT2D eigenvalue weighted by Crippen LogP contribution is 2.30. The van der Waals surface area contributed by atoms with Gasteiger partial charge in [-0.05, 0) is 42.9 Å². The third-order valence-corrected chi connectivity index (χ3v) is 5.08. The van der Waals surface area contributed by atoms with Crippen molar-refractivity contribution in [2.45, 2.75) is 83.0 Å². The van der Waals surface area contributed by atoms with E-state index in [0.717, 1.165) is 0 Å². The Bertz CT molecular complexity index is 360. The molecule has 0 aromatic heterocycles. The van der Waals surface area contributed by atoms with Gasteiger partial charge < -0.3 is 0 Å². The molecule has 0 radical (unpaired) electrons. The van der Waals surface area contributed by atoms with Crippen LogP contribution in [0.2, 0.25) is 0 Å². The number of hydrogen-bond donors (Lipinski definition) is 1. The van der Waals surface area contributed by atoms with Gasteiger partial charge in [0.15, 0.2) is 0 Å². The van der Waals surface area contributed by atoms with Gasteiger partial charge in [0, 0.05) is 4.90 Å². The summed E-state index contributed by atoms with van der Waals surface area (Å²) in [4.78, 5) is 1.37. The van der Waals surface area contributed by atoms with Crippen LogP contribution in [0.3, 0.4) is 0 Å². The lowest BCUT2D eigenvalue weighted by Crippen LogP contribution is -1.97. The zero-order valence-corrected chi connectivity index (χ0v) is 14.9. The Morgan fingerprint density at radius 1 is 0.850 bits per heavy atom. The first kappa shape index (κ1) is 18.0. The van der Waals surface area contributed by atoms with Crippen molar-refractivity contribution >= 4 is 22.5 Å². The van der Waals surface area contributed by atoms with E-state index in [1.807, 2.05) is 0 Å². The lowest BCUT2D eigenvalue weighted by atomic mass is 9.96. The third kappa shape index (κ3) is 6.58. The van der Waals surface area contributed by atoms with Crippen molar-refractivity contribution in [2.75, 3.05) is 0 Å². The summed E-state index contributed by atoms with van der Waals surface area (Å²) in [5.41, 5.74) is 3.14.